The van der Waals surface area contributed by atoms with Gasteiger partial charge in [-0.25, -0.2) is 4.98 Å². The minimum Gasteiger partial charge on any atom is -0.350 e. The van der Waals surface area contributed by atoms with E-state index < -0.39 is 0 Å². The summed E-state index contributed by atoms with van der Waals surface area (Å²) in [6.07, 6.45) is 5.26. The molecule has 1 aromatic carbocycles. The summed E-state index contributed by atoms with van der Waals surface area (Å²) in [5, 5.41) is 3.46. The third-order valence-electron chi connectivity index (χ3n) is 4.25. The van der Waals surface area contributed by atoms with Gasteiger partial charge in [0.05, 0.1) is 10.9 Å². The molecule has 1 amide bonds. The number of nitrogens with zero attached hydrogens (tertiary/aromatic N) is 2. The van der Waals surface area contributed by atoms with Crippen molar-refractivity contribution in [1.29, 1.82) is 0 Å². The van der Waals surface area contributed by atoms with Crippen LogP contribution in [0.4, 0.5) is 0 Å². The lowest BCUT2D eigenvalue weighted by atomic mass is 10.1. The molecule has 1 N–H and O–H groups in total. The topological polar surface area (TPSA) is 64.0 Å². The van der Waals surface area contributed by atoms with Gasteiger partial charge in [-0.1, -0.05) is 12.8 Å². The zero-order valence-electron chi connectivity index (χ0n) is 13.8. The Morgan fingerprint density at radius 2 is 2.00 bits per heavy atom. The van der Waals surface area contributed by atoms with E-state index in [-0.39, 0.29) is 17.5 Å². The molecule has 0 unspecified atom stereocenters. The maximum atomic E-state index is 12.7. The molecular formula is C18H23N3O2. The Balaban J connectivity index is 2.07. The van der Waals surface area contributed by atoms with Crippen LogP contribution in [0.5, 0.6) is 0 Å². The summed E-state index contributed by atoms with van der Waals surface area (Å²) in [6.45, 7) is 4.59. The average Bonchev–Trinajstić information content (AvgIpc) is 2.48. The van der Waals surface area contributed by atoms with Gasteiger partial charge in [0.25, 0.3) is 11.5 Å². The number of rotatable bonds is 2. The maximum absolute atomic E-state index is 12.7. The number of carbonyl (C=O) groups is 1. The second kappa shape index (κ2) is 6.52. The smallest absolute Gasteiger partial charge is 0.261 e. The summed E-state index contributed by atoms with van der Waals surface area (Å²) < 4.78 is 1.81. The Morgan fingerprint density at radius 3 is 2.78 bits per heavy atom. The summed E-state index contributed by atoms with van der Waals surface area (Å²) in [5.41, 5.74) is 1.19. The van der Waals surface area contributed by atoms with Crippen molar-refractivity contribution in [2.45, 2.75) is 58.5 Å². The standard InChI is InChI=1S/C18H23N3O2/c1-12(2)19-17(22)13-8-9-14-15(11-13)20-16-7-5-3-4-6-10-21(16)18(14)23/h8-9,11-12H,3-7,10H2,1-2H3,(H,19,22). The van der Waals surface area contributed by atoms with E-state index in [1.807, 2.05) is 18.4 Å². The van der Waals surface area contributed by atoms with Gasteiger partial charge in [-0.2, -0.15) is 0 Å². The first-order chi connectivity index (χ1) is 11.1. The molecule has 0 fully saturated rings. The largest absolute Gasteiger partial charge is 0.350 e. The van der Waals surface area contributed by atoms with Gasteiger partial charge in [0.2, 0.25) is 0 Å². The summed E-state index contributed by atoms with van der Waals surface area (Å²) in [5.74, 6) is 0.721. The predicted octanol–water partition coefficient (Wildman–Crippen LogP) is 2.65. The van der Waals surface area contributed by atoms with E-state index in [0.29, 0.717) is 16.5 Å². The minimum atomic E-state index is -0.129. The van der Waals surface area contributed by atoms with Gasteiger partial charge in [0.1, 0.15) is 5.82 Å². The van der Waals surface area contributed by atoms with E-state index in [4.69, 9.17) is 0 Å². The van der Waals surface area contributed by atoms with Gasteiger partial charge < -0.3 is 5.32 Å². The average molecular weight is 313 g/mol. The normalized spacial score (nSPS) is 15.1. The molecule has 23 heavy (non-hydrogen) atoms. The lowest BCUT2D eigenvalue weighted by molar-refractivity contribution is 0.0943. The SMILES string of the molecule is CC(C)NC(=O)c1ccc2c(=O)n3c(nc2c1)CCCCCC3. The lowest BCUT2D eigenvalue weighted by Gasteiger charge is -2.16. The first-order valence-electron chi connectivity index (χ1n) is 8.40. The van der Waals surface area contributed by atoms with E-state index in [2.05, 4.69) is 10.3 Å². The molecule has 3 rings (SSSR count). The van der Waals surface area contributed by atoms with Crippen molar-refractivity contribution in [3.05, 3.63) is 39.9 Å². The van der Waals surface area contributed by atoms with Crippen molar-refractivity contribution < 1.29 is 4.79 Å². The van der Waals surface area contributed by atoms with Crippen molar-refractivity contribution in [3.8, 4) is 0 Å². The second-order valence-corrected chi connectivity index (χ2v) is 6.51. The van der Waals surface area contributed by atoms with Crippen molar-refractivity contribution in [2.24, 2.45) is 0 Å². The Bertz CT molecular complexity index is 793. The highest BCUT2D eigenvalue weighted by Gasteiger charge is 2.15. The van der Waals surface area contributed by atoms with Crippen molar-refractivity contribution in [3.63, 3.8) is 0 Å². The predicted molar refractivity (Wildman–Crippen MR) is 90.8 cm³/mol. The molecule has 2 heterocycles. The summed E-state index contributed by atoms with van der Waals surface area (Å²) >= 11 is 0. The number of hydrogen-bond acceptors (Lipinski definition) is 3. The molecule has 0 bridgehead atoms. The molecule has 0 saturated heterocycles. The number of nitrogens with one attached hydrogen (secondary N) is 1. The molecule has 0 radical (unpaired) electrons. The van der Waals surface area contributed by atoms with Crippen LogP contribution in [0.3, 0.4) is 0 Å². The number of hydrogen-bond donors (Lipinski definition) is 1. The van der Waals surface area contributed by atoms with E-state index in [0.717, 1.165) is 38.1 Å². The first kappa shape index (κ1) is 15.7. The Morgan fingerprint density at radius 1 is 1.22 bits per heavy atom. The van der Waals surface area contributed by atoms with Gasteiger partial charge in [0, 0.05) is 24.6 Å². The first-order valence-corrected chi connectivity index (χ1v) is 8.40. The van der Waals surface area contributed by atoms with E-state index in [1.54, 1.807) is 18.2 Å². The molecule has 5 nitrogen and oxygen atoms in total. The van der Waals surface area contributed by atoms with Gasteiger partial charge in [-0.05, 0) is 44.9 Å². The molecule has 0 spiro atoms. The van der Waals surface area contributed by atoms with Crippen LogP contribution in [0.2, 0.25) is 0 Å². The molecule has 0 saturated carbocycles. The Kier molecular flexibility index (Phi) is 4.46. The van der Waals surface area contributed by atoms with Crippen LogP contribution in [0.1, 0.15) is 55.7 Å². The fourth-order valence-corrected chi connectivity index (χ4v) is 3.08. The monoisotopic (exact) mass is 313 g/mol. The molecule has 2 aromatic rings. The van der Waals surface area contributed by atoms with Crippen LogP contribution in [-0.4, -0.2) is 21.5 Å². The zero-order valence-corrected chi connectivity index (χ0v) is 13.8. The molecule has 0 aliphatic carbocycles. The number of carbonyl (C=O) groups excluding carboxylic acids is 1. The molecular weight excluding hydrogens is 290 g/mol. The van der Waals surface area contributed by atoms with Gasteiger partial charge in [0.15, 0.2) is 0 Å². The fraction of sp³-hybridized carbons (Fsp3) is 0.500. The molecule has 1 aliphatic heterocycles. The molecule has 1 aliphatic rings. The fourth-order valence-electron chi connectivity index (χ4n) is 3.08. The number of amides is 1. The quantitative estimate of drug-likeness (QED) is 0.927. The van der Waals surface area contributed by atoms with Gasteiger partial charge in [-0.3, -0.25) is 14.2 Å². The molecule has 0 atom stereocenters. The third kappa shape index (κ3) is 3.28. The molecule has 5 heteroatoms. The number of fused-ring (bicyclic) bond motifs is 2. The Labute approximate surface area is 135 Å². The summed E-state index contributed by atoms with van der Waals surface area (Å²) in [7, 11) is 0. The van der Waals surface area contributed by atoms with Crippen molar-refractivity contribution in [1.82, 2.24) is 14.9 Å². The van der Waals surface area contributed by atoms with Gasteiger partial charge in [-0.15, -0.1) is 0 Å². The highest BCUT2D eigenvalue weighted by molar-refractivity contribution is 5.97. The summed E-state index contributed by atoms with van der Waals surface area (Å²) in [6, 6.07) is 5.24. The van der Waals surface area contributed by atoms with Crippen LogP contribution in [-0.2, 0) is 13.0 Å². The van der Waals surface area contributed by atoms with Crippen LogP contribution in [0, 0.1) is 0 Å². The van der Waals surface area contributed by atoms with Gasteiger partial charge >= 0.3 is 0 Å². The molecule has 122 valence electrons. The minimum absolute atomic E-state index is 0.0164. The molecule has 1 aromatic heterocycles. The Hall–Kier alpha value is -2.17. The van der Waals surface area contributed by atoms with Crippen LogP contribution in [0.25, 0.3) is 10.9 Å². The number of aryl methyl sites for hydroxylation is 1. The highest BCUT2D eigenvalue weighted by atomic mass is 16.1. The highest BCUT2D eigenvalue weighted by Crippen LogP contribution is 2.16. The van der Waals surface area contributed by atoms with Crippen LogP contribution < -0.4 is 10.9 Å². The van der Waals surface area contributed by atoms with E-state index >= 15 is 0 Å². The maximum Gasteiger partial charge on any atom is 0.261 e. The lowest BCUT2D eigenvalue weighted by Crippen LogP contribution is -2.30. The van der Waals surface area contributed by atoms with E-state index in [9.17, 15) is 9.59 Å². The van der Waals surface area contributed by atoms with Crippen molar-refractivity contribution in [2.75, 3.05) is 0 Å². The number of aromatic nitrogens is 2. The van der Waals surface area contributed by atoms with Crippen LogP contribution in [0.15, 0.2) is 23.0 Å². The van der Waals surface area contributed by atoms with Crippen molar-refractivity contribution >= 4 is 16.8 Å². The summed E-state index contributed by atoms with van der Waals surface area (Å²) in [4.78, 5) is 29.6. The van der Waals surface area contributed by atoms with E-state index in [1.165, 1.54) is 6.42 Å². The van der Waals surface area contributed by atoms with Crippen LogP contribution >= 0.6 is 0 Å². The number of benzene rings is 1. The second-order valence-electron chi connectivity index (χ2n) is 6.51. The third-order valence-corrected chi connectivity index (χ3v) is 4.25. The zero-order chi connectivity index (χ0) is 16.4.